The molecule has 0 unspecified atom stereocenters. The van der Waals surface area contributed by atoms with Crippen LogP contribution in [-0.2, 0) is 16.6 Å². The van der Waals surface area contributed by atoms with E-state index in [1.807, 2.05) is 20.9 Å². The standard InChI is InChI=1S/C21H30N6O3/c1-12(2)8-16(19(22)28)26-20(29)13-4-6-15(7-5-13)25-21(30)14-9-18-17(23-10-14)11-24-27(18)3/h9-13,15-16H,4-8H2,1-3H3,(H2,22,28)(H,25,30)(H,26,29)/t13?,15?,16-/m0/s1. The number of carbonyl (C=O) groups is 3. The number of fused-ring (bicyclic) bond motifs is 1. The number of carbonyl (C=O) groups excluding carboxylic acids is 3. The fraction of sp³-hybridized carbons (Fsp3) is 0.571. The van der Waals surface area contributed by atoms with Crippen LogP contribution < -0.4 is 16.4 Å². The van der Waals surface area contributed by atoms with E-state index in [1.54, 1.807) is 23.1 Å². The number of aryl methyl sites for hydroxylation is 1. The summed E-state index contributed by atoms with van der Waals surface area (Å²) in [5, 5.41) is 9.98. The number of primary amides is 1. The molecule has 2 heterocycles. The normalized spacial score (nSPS) is 20.1. The Morgan fingerprint density at radius 1 is 1.20 bits per heavy atom. The Labute approximate surface area is 175 Å². The zero-order valence-electron chi connectivity index (χ0n) is 17.7. The molecule has 1 fully saturated rings. The van der Waals surface area contributed by atoms with E-state index in [2.05, 4.69) is 20.7 Å². The van der Waals surface area contributed by atoms with Crippen molar-refractivity contribution in [3.05, 3.63) is 24.0 Å². The van der Waals surface area contributed by atoms with Crippen LogP contribution in [0.25, 0.3) is 11.0 Å². The smallest absolute Gasteiger partial charge is 0.253 e. The Bertz CT molecular complexity index is 930. The van der Waals surface area contributed by atoms with Crippen molar-refractivity contribution in [2.75, 3.05) is 0 Å². The minimum atomic E-state index is -0.635. The van der Waals surface area contributed by atoms with Crippen LogP contribution in [0, 0.1) is 11.8 Å². The van der Waals surface area contributed by atoms with Gasteiger partial charge in [-0.05, 0) is 44.1 Å². The van der Waals surface area contributed by atoms with E-state index in [1.165, 1.54) is 0 Å². The van der Waals surface area contributed by atoms with Gasteiger partial charge >= 0.3 is 0 Å². The van der Waals surface area contributed by atoms with E-state index >= 15 is 0 Å². The second kappa shape index (κ2) is 9.23. The number of pyridine rings is 1. The second-order valence-corrected chi connectivity index (χ2v) is 8.51. The van der Waals surface area contributed by atoms with Gasteiger partial charge in [0.15, 0.2) is 0 Å². The monoisotopic (exact) mass is 414 g/mol. The summed E-state index contributed by atoms with van der Waals surface area (Å²) < 4.78 is 1.68. The summed E-state index contributed by atoms with van der Waals surface area (Å²) >= 11 is 0. The molecule has 2 aromatic rings. The molecule has 1 aliphatic carbocycles. The molecule has 162 valence electrons. The molecular formula is C21H30N6O3. The van der Waals surface area contributed by atoms with E-state index in [0.29, 0.717) is 37.7 Å². The molecule has 0 spiro atoms. The molecule has 30 heavy (non-hydrogen) atoms. The molecule has 1 atom stereocenters. The van der Waals surface area contributed by atoms with Gasteiger partial charge in [-0.15, -0.1) is 0 Å². The highest BCUT2D eigenvalue weighted by atomic mass is 16.2. The predicted molar refractivity (Wildman–Crippen MR) is 112 cm³/mol. The highest BCUT2D eigenvalue weighted by Crippen LogP contribution is 2.25. The minimum Gasteiger partial charge on any atom is -0.368 e. The van der Waals surface area contributed by atoms with Crippen LogP contribution in [0.3, 0.4) is 0 Å². The molecule has 0 bridgehead atoms. The molecule has 9 nitrogen and oxygen atoms in total. The van der Waals surface area contributed by atoms with Gasteiger partial charge in [-0.1, -0.05) is 13.8 Å². The molecule has 3 amide bonds. The lowest BCUT2D eigenvalue weighted by atomic mass is 9.85. The Balaban J connectivity index is 1.52. The van der Waals surface area contributed by atoms with E-state index < -0.39 is 11.9 Å². The first-order valence-corrected chi connectivity index (χ1v) is 10.4. The second-order valence-electron chi connectivity index (χ2n) is 8.51. The number of hydrogen-bond acceptors (Lipinski definition) is 5. The van der Waals surface area contributed by atoms with Crippen molar-refractivity contribution < 1.29 is 14.4 Å². The third-order valence-electron chi connectivity index (χ3n) is 5.66. The minimum absolute atomic E-state index is 0.00591. The summed E-state index contributed by atoms with van der Waals surface area (Å²) in [7, 11) is 1.81. The Kier molecular flexibility index (Phi) is 6.69. The van der Waals surface area contributed by atoms with Crippen molar-refractivity contribution >= 4 is 28.8 Å². The van der Waals surface area contributed by atoms with E-state index in [9.17, 15) is 14.4 Å². The molecule has 1 aliphatic rings. The van der Waals surface area contributed by atoms with Gasteiger partial charge in [0.1, 0.15) is 11.6 Å². The van der Waals surface area contributed by atoms with Gasteiger partial charge in [0.2, 0.25) is 11.8 Å². The average Bonchev–Trinajstić information content (AvgIpc) is 3.07. The Morgan fingerprint density at radius 3 is 2.53 bits per heavy atom. The van der Waals surface area contributed by atoms with Crippen molar-refractivity contribution in [1.29, 1.82) is 0 Å². The van der Waals surface area contributed by atoms with E-state index in [-0.39, 0.29) is 29.7 Å². The molecule has 3 rings (SSSR count). The first kappa shape index (κ1) is 21.7. The molecule has 0 saturated heterocycles. The molecule has 4 N–H and O–H groups in total. The summed E-state index contributed by atoms with van der Waals surface area (Å²) in [5.41, 5.74) is 7.45. The highest BCUT2D eigenvalue weighted by Gasteiger charge is 2.29. The van der Waals surface area contributed by atoms with Crippen molar-refractivity contribution in [3.8, 4) is 0 Å². The molecule has 2 aromatic heterocycles. The van der Waals surface area contributed by atoms with Gasteiger partial charge in [-0.25, -0.2) is 0 Å². The van der Waals surface area contributed by atoms with Crippen molar-refractivity contribution in [2.45, 2.75) is 58.0 Å². The van der Waals surface area contributed by atoms with Gasteiger partial charge < -0.3 is 16.4 Å². The predicted octanol–water partition coefficient (Wildman–Crippen LogP) is 1.27. The van der Waals surface area contributed by atoms with Crippen molar-refractivity contribution in [2.24, 2.45) is 24.6 Å². The zero-order valence-corrected chi connectivity index (χ0v) is 17.7. The maximum atomic E-state index is 12.6. The lowest BCUT2D eigenvalue weighted by molar-refractivity contribution is -0.131. The number of amides is 3. The number of nitrogens with one attached hydrogen (secondary N) is 2. The Hall–Kier alpha value is -2.97. The Morgan fingerprint density at radius 2 is 1.90 bits per heavy atom. The van der Waals surface area contributed by atoms with Gasteiger partial charge in [0.25, 0.3) is 5.91 Å². The largest absolute Gasteiger partial charge is 0.368 e. The lowest BCUT2D eigenvalue weighted by Crippen LogP contribution is -2.48. The average molecular weight is 415 g/mol. The zero-order chi connectivity index (χ0) is 21.8. The van der Waals surface area contributed by atoms with Crippen LogP contribution in [0.4, 0.5) is 0 Å². The summed E-state index contributed by atoms with van der Waals surface area (Å²) in [6, 6.07) is 1.15. The van der Waals surface area contributed by atoms with Crippen molar-refractivity contribution in [1.82, 2.24) is 25.4 Å². The summed E-state index contributed by atoms with van der Waals surface area (Å²) in [4.78, 5) is 41.0. The topological polar surface area (TPSA) is 132 Å². The van der Waals surface area contributed by atoms with Gasteiger partial charge in [0.05, 0.1) is 17.3 Å². The third-order valence-corrected chi connectivity index (χ3v) is 5.66. The van der Waals surface area contributed by atoms with Crippen LogP contribution in [0.2, 0.25) is 0 Å². The maximum absolute atomic E-state index is 12.6. The molecular weight excluding hydrogens is 384 g/mol. The molecule has 9 heteroatoms. The molecule has 0 radical (unpaired) electrons. The fourth-order valence-electron chi connectivity index (χ4n) is 3.93. The highest BCUT2D eigenvalue weighted by molar-refractivity contribution is 5.96. The van der Waals surface area contributed by atoms with Gasteiger partial charge in [-0.3, -0.25) is 24.0 Å². The quantitative estimate of drug-likeness (QED) is 0.628. The summed E-state index contributed by atoms with van der Waals surface area (Å²) in [6.45, 7) is 3.97. The molecule has 0 aliphatic heterocycles. The molecule has 1 saturated carbocycles. The number of aromatic nitrogens is 3. The van der Waals surface area contributed by atoms with Crippen LogP contribution in [-0.4, -0.2) is 44.6 Å². The lowest BCUT2D eigenvalue weighted by Gasteiger charge is -2.29. The van der Waals surface area contributed by atoms with Gasteiger partial charge in [0, 0.05) is 25.2 Å². The van der Waals surface area contributed by atoms with Crippen LogP contribution in [0.15, 0.2) is 18.5 Å². The van der Waals surface area contributed by atoms with E-state index in [0.717, 1.165) is 11.0 Å². The first-order chi connectivity index (χ1) is 14.2. The van der Waals surface area contributed by atoms with Crippen LogP contribution in [0.1, 0.15) is 56.3 Å². The molecule has 0 aromatic carbocycles. The fourth-order valence-corrected chi connectivity index (χ4v) is 3.93. The third kappa shape index (κ3) is 5.14. The van der Waals surface area contributed by atoms with Crippen LogP contribution >= 0.6 is 0 Å². The summed E-state index contributed by atoms with van der Waals surface area (Å²) in [5.74, 6) is -0.718. The number of nitrogens with two attached hydrogens (primary N) is 1. The number of nitrogens with zero attached hydrogens (tertiary/aromatic N) is 3. The van der Waals surface area contributed by atoms with Crippen LogP contribution in [0.5, 0.6) is 0 Å². The maximum Gasteiger partial charge on any atom is 0.253 e. The summed E-state index contributed by atoms with van der Waals surface area (Å²) in [6.07, 6.45) is 6.46. The SMILES string of the molecule is CC(C)C[C@H](NC(=O)C1CCC(NC(=O)c2cnc3cnn(C)c3c2)CC1)C(N)=O. The first-order valence-electron chi connectivity index (χ1n) is 10.4. The number of rotatable bonds is 7. The van der Waals surface area contributed by atoms with Crippen molar-refractivity contribution in [3.63, 3.8) is 0 Å². The van der Waals surface area contributed by atoms with Gasteiger partial charge in [-0.2, -0.15) is 5.10 Å². The number of hydrogen-bond donors (Lipinski definition) is 3. The van der Waals surface area contributed by atoms with E-state index in [4.69, 9.17) is 5.73 Å².